The van der Waals surface area contributed by atoms with E-state index in [9.17, 15) is 4.79 Å². The summed E-state index contributed by atoms with van der Waals surface area (Å²) >= 11 is 9.19. The van der Waals surface area contributed by atoms with Gasteiger partial charge in [-0.2, -0.15) is 0 Å². The summed E-state index contributed by atoms with van der Waals surface area (Å²) in [6.07, 6.45) is 1.96. The third-order valence-corrected chi connectivity index (χ3v) is 3.78. The lowest BCUT2D eigenvalue weighted by Crippen LogP contribution is -2.35. The first-order valence-corrected chi connectivity index (χ1v) is 6.33. The number of hydrogen-bond donors (Lipinski definition) is 2. The third kappa shape index (κ3) is 2.75. The highest BCUT2D eigenvalue weighted by Gasteiger charge is 2.21. The van der Waals surface area contributed by atoms with Crippen molar-refractivity contribution >= 4 is 39.1 Å². The van der Waals surface area contributed by atoms with E-state index in [0.29, 0.717) is 5.02 Å². The molecule has 5 heteroatoms. The van der Waals surface area contributed by atoms with Crippen LogP contribution in [-0.2, 0) is 4.79 Å². The molecular weight excluding hydrogens is 291 g/mol. The number of nitrogens with one attached hydrogen (secondary N) is 2. The van der Waals surface area contributed by atoms with Crippen molar-refractivity contribution in [1.29, 1.82) is 0 Å². The largest absolute Gasteiger partial charge is 0.325 e. The molecule has 2 N–H and O–H groups in total. The average Bonchev–Trinajstić information content (AvgIpc) is 2.77. The van der Waals surface area contributed by atoms with Gasteiger partial charge in [-0.25, -0.2) is 0 Å². The summed E-state index contributed by atoms with van der Waals surface area (Å²) in [7, 11) is 0. The molecule has 2 rings (SSSR count). The zero-order valence-corrected chi connectivity index (χ0v) is 10.9. The van der Waals surface area contributed by atoms with Gasteiger partial charge in [-0.05, 0) is 53.5 Å². The van der Waals surface area contributed by atoms with E-state index >= 15 is 0 Å². The molecule has 1 aromatic carbocycles. The smallest absolute Gasteiger partial charge is 0.241 e. The summed E-state index contributed by atoms with van der Waals surface area (Å²) in [4.78, 5) is 11.8. The zero-order chi connectivity index (χ0) is 11.5. The summed E-state index contributed by atoms with van der Waals surface area (Å²) in [6.45, 7) is 0.919. The van der Waals surface area contributed by atoms with Crippen LogP contribution in [0.25, 0.3) is 0 Å². The second-order valence-electron chi connectivity index (χ2n) is 3.77. The van der Waals surface area contributed by atoms with Crippen molar-refractivity contribution in [1.82, 2.24) is 5.32 Å². The first kappa shape index (κ1) is 11.9. The van der Waals surface area contributed by atoms with Crippen LogP contribution in [0, 0.1) is 0 Å². The fourth-order valence-corrected chi connectivity index (χ4v) is 2.21. The summed E-state index contributed by atoms with van der Waals surface area (Å²) in [5, 5.41) is 6.65. The molecule has 0 radical (unpaired) electrons. The van der Waals surface area contributed by atoms with Gasteiger partial charge in [-0.1, -0.05) is 11.6 Å². The minimum atomic E-state index is -0.0607. The number of anilines is 1. The van der Waals surface area contributed by atoms with Crippen LogP contribution in [-0.4, -0.2) is 18.5 Å². The van der Waals surface area contributed by atoms with Crippen LogP contribution in [0.4, 0.5) is 5.69 Å². The number of amides is 1. The molecule has 0 aromatic heterocycles. The number of rotatable bonds is 2. The van der Waals surface area contributed by atoms with E-state index in [2.05, 4.69) is 26.6 Å². The fourth-order valence-electron chi connectivity index (χ4n) is 1.71. The van der Waals surface area contributed by atoms with E-state index in [1.165, 1.54) is 0 Å². The van der Waals surface area contributed by atoms with Gasteiger partial charge in [0, 0.05) is 10.2 Å². The lowest BCUT2D eigenvalue weighted by atomic mass is 10.2. The van der Waals surface area contributed by atoms with Crippen molar-refractivity contribution in [3.05, 3.63) is 27.7 Å². The number of hydrogen-bond acceptors (Lipinski definition) is 2. The van der Waals surface area contributed by atoms with Gasteiger partial charge in [-0.15, -0.1) is 0 Å². The minimum Gasteiger partial charge on any atom is -0.325 e. The molecule has 1 aliphatic heterocycles. The first-order valence-electron chi connectivity index (χ1n) is 5.16. The van der Waals surface area contributed by atoms with Crippen molar-refractivity contribution in [2.75, 3.05) is 11.9 Å². The number of carbonyl (C=O) groups excluding carboxylic acids is 1. The van der Waals surface area contributed by atoms with Crippen molar-refractivity contribution in [3.8, 4) is 0 Å². The van der Waals surface area contributed by atoms with Crippen LogP contribution in [0.1, 0.15) is 12.8 Å². The normalized spacial score (nSPS) is 19.8. The lowest BCUT2D eigenvalue weighted by Gasteiger charge is -2.11. The van der Waals surface area contributed by atoms with Gasteiger partial charge in [0.05, 0.1) is 11.1 Å². The molecule has 1 fully saturated rings. The Morgan fingerprint density at radius 3 is 3.00 bits per heavy atom. The maximum Gasteiger partial charge on any atom is 0.241 e. The number of benzene rings is 1. The van der Waals surface area contributed by atoms with Crippen molar-refractivity contribution in [2.24, 2.45) is 0 Å². The Hall–Kier alpha value is -0.580. The summed E-state index contributed by atoms with van der Waals surface area (Å²) in [5.41, 5.74) is 0.759. The highest BCUT2D eigenvalue weighted by molar-refractivity contribution is 9.10. The number of halogens is 2. The van der Waals surface area contributed by atoms with Crippen LogP contribution in [0.2, 0.25) is 5.02 Å². The topological polar surface area (TPSA) is 41.1 Å². The Balaban J connectivity index is 2.02. The summed E-state index contributed by atoms with van der Waals surface area (Å²) < 4.78 is 0.784. The average molecular weight is 304 g/mol. The van der Waals surface area contributed by atoms with E-state index in [4.69, 9.17) is 11.6 Å². The van der Waals surface area contributed by atoms with E-state index < -0.39 is 0 Å². The molecule has 0 unspecified atom stereocenters. The second-order valence-corrected chi connectivity index (χ2v) is 5.03. The van der Waals surface area contributed by atoms with E-state index in [1.54, 1.807) is 18.2 Å². The van der Waals surface area contributed by atoms with Gasteiger partial charge in [0.1, 0.15) is 0 Å². The van der Waals surface area contributed by atoms with Crippen LogP contribution >= 0.6 is 27.5 Å². The molecule has 1 amide bonds. The van der Waals surface area contributed by atoms with E-state index in [-0.39, 0.29) is 11.9 Å². The van der Waals surface area contributed by atoms with Gasteiger partial charge in [0.25, 0.3) is 0 Å². The molecule has 1 aromatic rings. The van der Waals surface area contributed by atoms with Crippen LogP contribution in [0.3, 0.4) is 0 Å². The van der Waals surface area contributed by atoms with E-state index in [0.717, 1.165) is 29.5 Å². The molecule has 16 heavy (non-hydrogen) atoms. The molecule has 1 saturated heterocycles. The SMILES string of the molecule is O=C(Nc1ccc(Cl)c(Br)c1)[C@H]1CCCN1. The Bertz CT molecular complexity index is 405. The molecule has 1 aliphatic rings. The Morgan fingerprint density at radius 1 is 1.56 bits per heavy atom. The lowest BCUT2D eigenvalue weighted by molar-refractivity contribution is -0.117. The van der Waals surface area contributed by atoms with Gasteiger partial charge in [0.15, 0.2) is 0 Å². The van der Waals surface area contributed by atoms with Gasteiger partial charge < -0.3 is 10.6 Å². The molecule has 1 heterocycles. The fraction of sp³-hybridized carbons (Fsp3) is 0.364. The quantitative estimate of drug-likeness (QED) is 0.882. The molecular formula is C11H12BrClN2O. The third-order valence-electron chi connectivity index (χ3n) is 2.56. The molecule has 0 aliphatic carbocycles. The Kier molecular flexibility index (Phi) is 3.84. The van der Waals surface area contributed by atoms with Gasteiger partial charge in [0.2, 0.25) is 5.91 Å². The highest BCUT2D eigenvalue weighted by atomic mass is 79.9. The molecule has 1 atom stereocenters. The van der Waals surface area contributed by atoms with Crippen molar-refractivity contribution < 1.29 is 4.79 Å². The van der Waals surface area contributed by atoms with Crippen LogP contribution in [0.5, 0.6) is 0 Å². The molecule has 0 saturated carbocycles. The zero-order valence-electron chi connectivity index (χ0n) is 8.59. The Labute approximate surface area is 108 Å². The Morgan fingerprint density at radius 2 is 2.38 bits per heavy atom. The van der Waals surface area contributed by atoms with Crippen LogP contribution < -0.4 is 10.6 Å². The standard InChI is InChI=1S/C11H12BrClN2O/c12-8-6-7(3-4-9(8)13)15-11(16)10-2-1-5-14-10/h3-4,6,10,14H,1-2,5H2,(H,15,16)/t10-/m1/s1. The predicted octanol–water partition coefficient (Wildman–Crippen LogP) is 2.79. The highest BCUT2D eigenvalue weighted by Crippen LogP contribution is 2.25. The van der Waals surface area contributed by atoms with Crippen LogP contribution in [0.15, 0.2) is 22.7 Å². The minimum absolute atomic E-state index is 0.0201. The predicted molar refractivity (Wildman–Crippen MR) is 68.8 cm³/mol. The maximum atomic E-state index is 11.8. The second kappa shape index (κ2) is 5.17. The van der Waals surface area contributed by atoms with Crippen molar-refractivity contribution in [2.45, 2.75) is 18.9 Å². The maximum absolute atomic E-state index is 11.8. The molecule has 3 nitrogen and oxygen atoms in total. The van der Waals surface area contributed by atoms with Gasteiger partial charge in [-0.3, -0.25) is 4.79 Å². The van der Waals surface area contributed by atoms with Crippen molar-refractivity contribution in [3.63, 3.8) is 0 Å². The number of carbonyl (C=O) groups is 1. The molecule has 0 spiro atoms. The van der Waals surface area contributed by atoms with Gasteiger partial charge >= 0.3 is 0 Å². The molecule has 86 valence electrons. The molecule has 0 bridgehead atoms. The monoisotopic (exact) mass is 302 g/mol. The summed E-state index contributed by atoms with van der Waals surface area (Å²) in [5.74, 6) is 0.0201. The van der Waals surface area contributed by atoms with E-state index in [1.807, 2.05) is 0 Å². The summed E-state index contributed by atoms with van der Waals surface area (Å²) in [6, 6.07) is 5.29. The first-order chi connectivity index (χ1) is 7.66.